The van der Waals surface area contributed by atoms with Gasteiger partial charge < -0.3 is 10.7 Å². The van der Waals surface area contributed by atoms with Gasteiger partial charge in [-0.15, -0.1) is 0 Å². The van der Waals surface area contributed by atoms with Gasteiger partial charge >= 0.3 is 5.69 Å². The van der Waals surface area contributed by atoms with E-state index in [1.54, 1.807) is 18.2 Å². The monoisotopic (exact) mass is 255 g/mol. The summed E-state index contributed by atoms with van der Waals surface area (Å²) < 4.78 is 0.925. The van der Waals surface area contributed by atoms with Crippen LogP contribution in [0.4, 0.5) is 5.69 Å². The van der Waals surface area contributed by atoms with Gasteiger partial charge in [-0.3, -0.25) is 9.78 Å². The molecule has 0 saturated carbocycles. The molecular formula is C12H9N5O2. The van der Waals surface area contributed by atoms with Gasteiger partial charge in [0.15, 0.2) is 5.82 Å². The van der Waals surface area contributed by atoms with Crippen molar-refractivity contribution < 1.29 is 0 Å². The molecule has 3 N–H and O–H groups in total. The average molecular weight is 255 g/mol. The van der Waals surface area contributed by atoms with Gasteiger partial charge in [0.25, 0.3) is 5.56 Å². The van der Waals surface area contributed by atoms with Crippen LogP contribution in [0.25, 0.3) is 16.7 Å². The van der Waals surface area contributed by atoms with Crippen molar-refractivity contribution in [1.29, 1.82) is 0 Å². The van der Waals surface area contributed by atoms with Crippen LogP contribution >= 0.6 is 0 Å². The molecule has 0 radical (unpaired) electrons. The second-order valence-electron chi connectivity index (χ2n) is 3.90. The summed E-state index contributed by atoms with van der Waals surface area (Å²) in [6, 6.07) is 4.86. The molecule has 3 aromatic rings. The number of anilines is 1. The molecule has 0 aliphatic rings. The fourth-order valence-corrected chi connectivity index (χ4v) is 1.88. The van der Waals surface area contributed by atoms with Crippen molar-refractivity contribution in [3.63, 3.8) is 0 Å². The molecule has 7 heteroatoms. The highest BCUT2D eigenvalue weighted by atomic mass is 16.2. The minimum absolute atomic E-state index is 0.165. The van der Waals surface area contributed by atoms with Crippen LogP contribution in [0.2, 0.25) is 0 Å². The Morgan fingerprint density at radius 3 is 2.79 bits per heavy atom. The predicted molar refractivity (Wildman–Crippen MR) is 70.2 cm³/mol. The quantitative estimate of drug-likeness (QED) is 0.597. The maximum atomic E-state index is 12.3. The zero-order valence-corrected chi connectivity index (χ0v) is 9.70. The van der Waals surface area contributed by atoms with Gasteiger partial charge in [-0.1, -0.05) is 6.07 Å². The van der Waals surface area contributed by atoms with E-state index in [0.717, 1.165) is 4.57 Å². The van der Waals surface area contributed by atoms with Crippen LogP contribution in [0.1, 0.15) is 0 Å². The molecule has 0 unspecified atom stereocenters. The topological polar surface area (TPSA) is 107 Å². The molecule has 0 atom stereocenters. The van der Waals surface area contributed by atoms with E-state index in [1.165, 1.54) is 18.6 Å². The lowest BCUT2D eigenvalue weighted by atomic mass is 10.2. The molecule has 94 valence electrons. The molecule has 7 nitrogen and oxygen atoms in total. The van der Waals surface area contributed by atoms with Gasteiger partial charge in [0, 0.05) is 12.4 Å². The van der Waals surface area contributed by atoms with Crippen molar-refractivity contribution in [3.05, 3.63) is 57.6 Å². The van der Waals surface area contributed by atoms with Crippen molar-refractivity contribution in [2.24, 2.45) is 0 Å². The first kappa shape index (κ1) is 11.1. The maximum absolute atomic E-state index is 12.3. The molecular weight excluding hydrogens is 246 g/mol. The van der Waals surface area contributed by atoms with Gasteiger partial charge in [-0.2, -0.15) is 0 Å². The highest BCUT2D eigenvalue weighted by molar-refractivity contribution is 5.88. The van der Waals surface area contributed by atoms with Gasteiger partial charge in [0.1, 0.15) is 0 Å². The number of nitrogens with two attached hydrogens (primary N) is 1. The highest BCUT2D eigenvalue weighted by Gasteiger charge is 2.11. The number of hydrogen-bond acceptors (Lipinski definition) is 5. The number of nitrogens with one attached hydrogen (secondary N) is 1. The Kier molecular flexibility index (Phi) is 2.38. The molecule has 2 aromatic heterocycles. The minimum atomic E-state index is -0.601. The van der Waals surface area contributed by atoms with Gasteiger partial charge in [0.05, 0.1) is 22.8 Å². The molecule has 0 amide bonds. The lowest BCUT2D eigenvalue weighted by molar-refractivity contribution is 0.859. The Balaban J connectivity index is 2.47. The van der Waals surface area contributed by atoms with Crippen molar-refractivity contribution in [1.82, 2.24) is 19.5 Å². The molecule has 19 heavy (non-hydrogen) atoms. The molecule has 1 aromatic carbocycles. The lowest BCUT2D eigenvalue weighted by Crippen LogP contribution is -2.34. The van der Waals surface area contributed by atoms with Crippen molar-refractivity contribution in [2.75, 3.05) is 5.73 Å². The molecule has 2 heterocycles. The molecule has 0 spiro atoms. The lowest BCUT2D eigenvalue weighted by Gasteiger charge is -2.06. The summed E-state index contributed by atoms with van der Waals surface area (Å²) in [7, 11) is 0. The van der Waals surface area contributed by atoms with Gasteiger partial charge in [0.2, 0.25) is 0 Å². The zero-order valence-electron chi connectivity index (χ0n) is 9.70. The second kappa shape index (κ2) is 4.05. The van der Waals surface area contributed by atoms with Crippen LogP contribution in [0.15, 0.2) is 46.4 Å². The number of nitrogen functional groups attached to an aromatic ring is 1. The normalized spacial score (nSPS) is 10.7. The summed E-state index contributed by atoms with van der Waals surface area (Å²) in [4.78, 5) is 34.7. The van der Waals surface area contributed by atoms with Crippen molar-refractivity contribution in [3.8, 4) is 5.82 Å². The Morgan fingerprint density at radius 2 is 2.05 bits per heavy atom. The number of aromatic amines is 1. The van der Waals surface area contributed by atoms with Crippen LogP contribution in [-0.2, 0) is 0 Å². The number of nitrogens with zero attached hydrogens (tertiary/aromatic N) is 3. The number of rotatable bonds is 1. The smallest absolute Gasteiger partial charge is 0.334 e. The first-order valence-corrected chi connectivity index (χ1v) is 5.48. The van der Waals surface area contributed by atoms with E-state index in [-0.39, 0.29) is 5.82 Å². The molecule has 0 aliphatic carbocycles. The highest BCUT2D eigenvalue weighted by Crippen LogP contribution is 2.13. The third-order valence-corrected chi connectivity index (χ3v) is 2.74. The van der Waals surface area contributed by atoms with Gasteiger partial charge in [-0.25, -0.2) is 14.3 Å². The van der Waals surface area contributed by atoms with Crippen molar-refractivity contribution >= 4 is 16.6 Å². The van der Waals surface area contributed by atoms with E-state index in [9.17, 15) is 9.59 Å². The molecule has 0 fully saturated rings. The Hall–Kier alpha value is -2.96. The first-order valence-electron chi connectivity index (χ1n) is 5.48. The molecule has 0 bridgehead atoms. The third kappa shape index (κ3) is 1.68. The van der Waals surface area contributed by atoms with Crippen LogP contribution in [0, 0.1) is 0 Å². The van der Waals surface area contributed by atoms with Crippen LogP contribution < -0.4 is 17.0 Å². The number of H-pyrrole nitrogens is 1. The van der Waals surface area contributed by atoms with Crippen LogP contribution in [-0.4, -0.2) is 19.5 Å². The largest absolute Gasteiger partial charge is 0.397 e. The van der Waals surface area contributed by atoms with Crippen LogP contribution in [0.5, 0.6) is 0 Å². The number of hydrogen-bond donors (Lipinski definition) is 2. The minimum Gasteiger partial charge on any atom is -0.397 e. The Labute approximate surface area is 106 Å². The fraction of sp³-hybridized carbons (Fsp3) is 0. The van der Waals surface area contributed by atoms with Gasteiger partial charge in [-0.05, 0) is 12.1 Å². The second-order valence-corrected chi connectivity index (χ2v) is 3.90. The Morgan fingerprint density at radius 1 is 1.21 bits per heavy atom. The summed E-state index contributed by atoms with van der Waals surface area (Å²) in [5.41, 5.74) is 5.33. The van der Waals surface area contributed by atoms with Crippen molar-refractivity contribution in [2.45, 2.75) is 0 Å². The summed E-state index contributed by atoms with van der Waals surface area (Å²) in [6.45, 7) is 0. The summed E-state index contributed by atoms with van der Waals surface area (Å²) in [5, 5.41) is 0.324. The summed E-state index contributed by atoms with van der Waals surface area (Å²) in [6.07, 6.45) is 4.21. The van der Waals surface area contributed by atoms with E-state index >= 15 is 0 Å². The SMILES string of the molecule is Nc1cccc2c(=O)n(-c3cnccn3)c(=O)[nH]c12. The predicted octanol–water partition coefficient (Wildman–Crippen LogP) is 0.0512. The number of para-hydroxylation sites is 1. The van der Waals surface area contributed by atoms with E-state index in [0.29, 0.717) is 16.6 Å². The standard InChI is InChI=1S/C12H9N5O2/c13-8-3-1-2-7-10(8)16-12(19)17(11(7)18)9-6-14-4-5-15-9/h1-6H,13H2,(H,16,19). The Bertz CT molecular complexity index is 867. The molecule has 0 aliphatic heterocycles. The maximum Gasteiger partial charge on any atom is 0.334 e. The fourth-order valence-electron chi connectivity index (χ4n) is 1.88. The van der Waals surface area contributed by atoms with E-state index in [1.807, 2.05) is 0 Å². The molecule has 3 rings (SSSR count). The number of benzene rings is 1. The number of aromatic nitrogens is 4. The van der Waals surface area contributed by atoms with Crippen LogP contribution in [0.3, 0.4) is 0 Å². The molecule has 0 saturated heterocycles. The first-order chi connectivity index (χ1) is 9.18. The van der Waals surface area contributed by atoms with E-state index in [2.05, 4.69) is 15.0 Å². The number of fused-ring (bicyclic) bond motifs is 1. The third-order valence-electron chi connectivity index (χ3n) is 2.74. The zero-order chi connectivity index (χ0) is 13.4. The van der Waals surface area contributed by atoms with E-state index < -0.39 is 11.2 Å². The average Bonchev–Trinajstić information content (AvgIpc) is 2.41. The summed E-state index contributed by atoms with van der Waals surface area (Å²) in [5.74, 6) is 0.165. The summed E-state index contributed by atoms with van der Waals surface area (Å²) >= 11 is 0. The van der Waals surface area contributed by atoms with E-state index in [4.69, 9.17) is 5.73 Å².